The summed E-state index contributed by atoms with van der Waals surface area (Å²) in [5.41, 5.74) is 1.28. The summed E-state index contributed by atoms with van der Waals surface area (Å²) >= 11 is 0. The lowest BCUT2D eigenvalue weighted by Crippen LogP contribution is -2.12. The van der Waals surface area contributed by atoms with Crippen LogP contribution < -0.4 is 5.36 Å². The first-order chi connectivity index (χ1) is 8.16. The van der Waals surface area contributed by atoms with Crippen LogP contribution in [0, 0.1) is 6.92 Å². The molecular formula is C13H12N2O2. The molecule has 2 rings (SSSR count). The number of carbonyl (C=O) groups excluding carboxylic acids is 1. The second kappa shape index (κ2) is 4.65. The number of amides is 1. The Hall–Kier alpha value is -2.36. The Morgan fingerprint density at radius 1 is 1.24 bits per heavy atom. The molecule has 2 aromatic rings. The molecule has 0 bridgehead atoms. The molecule has 1 N–H and O–H groups in total. The van der Waals surface area contributed by atoms with Gasteiger partial charge in [-0.25, -0.2) is 9.72 Å². The summed E-state index contributed by atoms with van der Waals surface area (Å²) in [5.74, 6) is -0.288. The SMILES string of the molecule is Cc1cn(O)ccc1=NC(=O)c1ccccc1. The lowest BCUT2D eigenvalue weighted by Gasteiger charge is -1.99. The summed E-state index contributed by atoms with van der Waals surface area (Å²) in [5, 5.41) is 9.74. The van der Waals surface area contributed by atoms with Gasteiger partial charge in [-0.2, -0.15) is 0 Å². The zero-order chi connectivity index (χ0) is 12.3. The van der Waals surface area contributed by atoms with Crippen LogP contribution >= 0.6 is 0 Å². The molecule has 0 aliphatic rings. The Labute approximate surface area is 98.5 Å². The number of aryl methyl sites for hydroxylation is 1. The van der Waals surface area contributed by atoms with Crippen molar-refractivity contribution in [1.29, 1.82) is 0 Å². The summed E-state index contributed by atoms with van der Waals surface area (Å²) < 4.78 is 0.932. The van der Waals surface area contributed by atoms with E-state index in [1.165, 1.54) is 12.4 Å². The number of hydrogen-bond donors (Lipinski definition) is 1. The van der Waals surface area contributed by atoms with Gasteiger partial charge in [-0.3, -0.25) is 4.79 Å². The number of benzene rings is 1. The Morgan fingerprint density at radius 3 is 2.59 bits per heavy atom. The Morgan fingerprint density at radius 2 is 1.94 bits per heavy atom. The van der Waals surface area contributed by atoms with Crippen molar-refractivity contribution < 1.29 is 10.0 Å². The molecule has 0 saturated carbocycles. The summed E-state index contributed by atoms with van der Waals surface area (Å²) in [4.78, 5) is 15.8. The van der Waals surface area contributed by atoms with Crippen molar-refractivity contribution in [1.82, 2.24) is 4.73 Å². The highest BCUT2D eigenvalue weighted by Gasteiger charge is 2.02. The minimum Gasteiger partial charge on any atom is -0.429 e. The first-order valence-electron chi connectivity index (χ1n) is 5.19. The van der Waals surface area contributed by atoms with Crippen LogP contribution in [0.25, 0.3) is 0 Å². The van der Waals surface area contributed by atoms with E-state index in [1.54, 1.807) is 37.3 Å². The Kier molecular flexibility index (Phi) is 3.05. The highest BCUT2D eigenvalue weighted by molar-refractivity contribution is 5.94. The molecule has 0 unspecified atom stereocenters. The average molecular weight is 228 g/mol. The van der Waals surface area contributed by atoms with Crippen molar-refractivity contribution in [3.8, 4) is 0 Å². The third-order valence-corrected chi connectivity index (χ3v) is 2.36. The van der Waals surface area contributed by atoms with Gasteiger partial charge in [0.15, 0.2) is 0 Å². The monoisotopic (exact) mass is 228 g/mol. The average Bonchev–Trinajstić information content (AvgIpc) is 2.34. The molecule has 1 heterocycles. The van der Waals surface area contributed by atoms with Crippen molar-refractivity contribution in [2.75, 3.05) is 0 Å². The van der Waals surface area contributed by atoms with Crippen LogP contribution in [0.3, 0.4) is 0 Å². The number of aromatic nitrogens is 1. The van der Waals surface area contributed by atoms with Gasteiger partial charge in [0.05, 0.1) is 5.36 Å². The van der Waals surface area contributed by atoms with Gasteiger partial charge < -0.3 is 5.21 Å². The predicted octanol–water partition coefficient (Wildman–Crippen LogP) is 1.77. The van der Waals surface area contributed by atoms with Crippen molar-refractivity contribution in [3.05, 3.63) is 65.3 Å². The fraction of sp³-hybridized carbons (Fsp3) is 0.0769. The summed E-state index contributed by atoms with van der Waals surface area (Å²) in [6.45, 7) is 1.78. The number of rotatable bonds is 1. The Bertz CT molecular complexity index is 600. The van der Waals surface area contributed by atoms with Gasteiger partial charge in [0, 0.05) is 18.0 Å². The van der Waals surface area contributed by atoms with Gasteiger partial charge in [-0.15, -0.1) is 0 Å². The number of pyridine rings is 1. The molecule has 86 valence electrons. The molecule has 1 amide bonds. The minimum atomic E-state index is -0.288. The summed E-state index contributed by atoms with van der Waals surface area (Å²) in [7, 11) is 0. The normalized spacial score (nSPS) is 11.5. The van der Waals surface area contributed by atoms with Gasteiger partial charge >= 0.3 is 0 Å². The number of nitrogens with zero attached hydrogens (tertiary/aromatic N) is 2. The van der Waals surface area contributed by atoms with Crippen LogP contribution in [0.15, 0.2) is 53.8 Å². The van der Waals surface area contributed by atoms with Crippen LogP contribution in [0.5, 0.6) is 0 Å². The van der Waals surface area contributed by atoms with Crippen molar-refractivity contribution >= 4 is 5.91 Å². The topological polar surface area (TPSA) is 54.6 Å². The van der Waals surface area contributed by atoms with Crippen LogP contribution in [-0.2, 0) is 0 Å². The van der Waals surface area contributed by atoms with E-state index in [4.69, 9.17) is 0 Å². The molecule has 0 aliphatic heterocycles. The van der Waals surface area contributed by atoms with E-state index < -0.39 is 0 Å². The maximum absolute atomic E-state index is 11.8. The molecule has 0 radical (unpaired) electrons. The van der Waals surface area contributed by atoms with E-state index in [1.807, 2.05) is 6.07 Å². The van der Waals surface area contributed by atoms with Gasteiger partial charge in [0.2, 0.25) is 0 Å². The smallest absolute Gasteiger partial charge is 0.277 e. The quantitative estimate of drug-likeness (QED) is 0.756. The maximum atomic E-state index is 11.8. The maximum Gasteiger partial charge on any atom is 0.277 e. The van der Waals surface area contributed by atoms with Crippen LogP contribution in [-0.4, -0.2) is 15.8 Å². The zero-order valence-electron chi connectivity index (χ0n) is 9.37. The molecule has 1 aromatic heterocycles. The zero-order valence-corrected chi connectivity index (χ0v) is 9.37. The molecule has 17 heavy (non-hydrogen) atoms. The second-order valence-corrected chi connectivity index (χ2v) is 3.68. The standard InChI is InChI=1S/C13H12N2O2/c1-10-9-15(17)8-7-12(10)14-13(16)11-5-3-2-4-6-11/h2-9,17H,1H3. The Balaban J connectivity index is 2.40. The van der Waals surface area contributed by atoms with Gasteiger partial charge in [-0.1, -0.05) is 18.2 Å². The largest absolute Gasteiger partial charge is 0.429 e. The van der Waals surface area contributed by atoms with Gasteiger partial charge in [0.25, 0.3) is 5.91 Å². The van der Waals surface area contributed by atoms with Crippen LogP contribution in [0.2, 0.25) is 0 Å². The fourth-order valence-corrected chi connectivity index (χ4v) is 1.47. The summed E-state index contributed by atoms with van der Waals surface area (Å²) in [6, 6.07) is 10.5. The van der Waals surface area contributed by atoms with Gasteiger partial charge in [0.1, 0.15) is 0 Å². The summed E-state index contributed by atoms with van der Waals surface area (Å²) in [6.07, 6.45) is 2.93. The van der Waals surface area contributed by atoms with E-state index >= 15 is 0 Å². The van der Waals surface area contributed by atoms with Gasteiger partial charge in [-0.05, 0) is 30.7 Å². The van der Waals surface area contributed by atoms with Crippen LogP contribution in [0.1, 0.15) is 15.9 Å². The lowest BCUT2D eigenvalue weighted by atomic mass is 10.2. The molecule has 0 fully saturated rings. The van der Waals surface area contributed by atoms with Crippen molar-refractivity contribution in [3.63, 3.8) is 0 Å². The molecule has 1 aromatic carbocycles. The molecule has 0 spiro atoms. The highest BCUT2D eigenvalue weighted by Crippen LogP contribution is 2.00. The van der Waals surface area contributed by atoms with E-state index in [0.29, 0.717) is 10.9 Å². The minimum absolute atomic E-state index is 0.288. The molecule has 4 heteroatoms. The number of hydrogen-bond acceptors (Lipinski definition) is 2. The molecule has 4 nitrogen and oxygen atoms in total. The van der Waals surface area contributed by atoms with Crippen molar-refractivity contribution in [2.24, 2.45) is 4.99 Å². The van der Waals surface area contributed by atoms with Crippen molar-refractivity contribution in [2.45, 2.75) is 6.92 Å². The lowest BCUT2D eigenvalue weighted by molar-refractivity contribution is 0.0998. The molecule has 0 atom stereocenters. The van der Waals surface area contributed by atoms with Crippen LogP contribution in [0.4, 0.5) is 0 Å². The molecular weight excluding hydrogens is 216 g/mol. The first kappa shape index (κ1) is 11.1. The van der Waals surface area contributed by atoms with E-state index in [0.717, 1.165) is 10.3 Å². The first-order valence-corrected chi connectivity index (χ1v) is 5.19. The molecule has 0 saturated heterocycles. The van der Waals surface area contributed by atoms with E-state index in [-0.39, 0.29) is 5.91 Å². The predicted molar refractivity (Wildman–Crippen MR) is 62.7 cm³/mol. The number of carbonyl (C=O) groups is 1. The fourth-order valence-electron chi connectivity index (χ4n) is 1.47. The molecule has 0 aliphatic carbocycles. The van der Waals surface area contributed by atoms with E-state index in [2.05, 4.69) is 4.99 Å². The second-order valence-electron chi connectivity index (χ2n) is 3.68. The third-order valence-electron chi connectivity index (χ3n) is 2.36. The van der Waals surface area contributed by atoms with E-state index in [9.17, 15) is 10.0 Å². The third kappa shape index (κ3) is 2.60. The highest BCUT2D eigenvalue weighted by atomic mass is 16.5.